The fraction of sp³-hybridized carbons (Fsp3) is 0.381. The fourth-order valence-electron chi connectivity index (χ4n) is 2.50. The third kappa shape index (κ3) is 6.90. The number of carbonyl (C=O) groups is 1. The maximum absolute atomic E-state index is 13.1. The molecule has 0 saturated carbocycles. The van der Waals surface area contributed by atoms with Gasteiger partial charge in [0.2, 0.25) is 0 Å². The molecule has 2 rings (SSSR count). The molecule has 2 aromatic carbocycles. The minimum absolute atomic E-state index is 0. The third-order valence-corrected chi connectivity index (χ3v) is 5.27. The average molecular weight is 429 g/mol. The molecule has 0 amide bonds. The zero-order valence-corrected chi connectivity index (χ0v) is 19.5. The predicted molar refractivity (Wildman–Crippen MR) is 112 cm³/mol. The Morgan fingerprint density at radius 1 is 0.833 bits per heavy atom. The zero-order valence-electron chi connectivity index (χ0n) is 18.5. The molecule has 0 aromatic heterocycles. The maximum atomic E-state index is 13.1. The summed E-state index contributed by atoms with van der Waals surface area (Å²) < 4.78 is 32.6. The van der Waals surface area contributed by atoms with E-state index in [4.69, 9.17) is 28.4 Å². The van der Waals surface area contributed by atoms with Gasteiger partial charge < -0.3 is 28.4 Å². The van der Waals surface area contributed by atoms with Gasteiger partial charge in [0.05, 0.1) is 14.2 Å². The molecular weight excluding hydrogens is 402 g/mol. The number of hydrogen-bond donors (Lipinski definition) is 0. The van der Waals surface area contributed by atoms with E-state index in [2.05, 4.69) is 0 Å². The predicted octanol–water partition coefficient (Wildman–Crippen LogP) is 0.594. The Hall–Kier alpha value is -1.74. The first-order valence-corrected chi connectivity index (χ1v) is 9.98. The summed E-state index contributed by atoms with van der Waals surface area (Å²) in [7, 11) is 5.93. The van der Waals surface area contributed by atoms with Crippen molar-refractivity contribution < 1.29 is 52.1 Å². The topological polar surface area (TPSA) is 72.5 Å². The van der Waals surface area contributed by atoms with Crippen molar-refractivity contribution in [1.29, 1.82) is 0 Å². The van der Waals surface area contributed by atoms with Crippen molar-refractivity contribution >= 4 is 19.4 Å². The first-order chi connectivity index (χ1) is 13.9. The minimum atomic E-state index is -0.496. The second-order valence-electron chi connectivity index (χ2n) is 5.99. The summed E-state index contributed by atoms with van der Waals surface area (Å²) in [5, 5.41) is 0.712. The summed E-state index contributed by atoms with van der Waals surface area (Å²) in [5.41, 5.74) is 0.267. The molecule has 0 aliphatic carbocycles. The van der Waals surface area contributed by atoms with Crippen LogP contribution in [0.5, 0.6) is 23.0 Å². The first-order valence-electron chi connectivity index (χ1n) is 8.98. The van der Waals surface area contributed by atoms with Gasteiger partial charge in [0.25, 0.3) is 0 Å². The van der Waals surface area contributed by atoms with Crippen LogP contribution in [-0.4, -0.2) is 46.5 Å². The summed E-state index contributed by atoms with van der Waals surface area (Å²) in [6, 6.07) is 10.5. The fourth-order valence-corrected chi connectivity index (χ4v) is 3.54. The SMILES string of the molecule is COc1cccc(OC)c1C(=O)Pc1ccc(OC(C)OC)cc1OC(C)OC.[Li+]. The van der Waals surface area contributed by atoms with Crippen molar-refractivity contribution in [3.05, 3.63) is 42.0 Å². The maximum Gasteiger partial charge on any atom is 1.00 e. The molecule has 3 unspecified atom stereocenters. The molecule has 0 saturated heterocycles. The van der Waals surface area contributed by atoms with Crippen molar-refractivity contribution in [2.45, 2.75) is 26.4 Å². The van der Waals surface area contributed by atoms with Crippen LogP contribution in [0.3, 0.4) is 0 Å². The van der Waals surface area contributed by atoms with Crippen LogP contribution in [0.15, 0.2) is 36.4 Å². The van der Waals surface area contributed by atoms with Crippen LogP contribution in [0.4, 0.5) is 0 Å². The van der Waals surface area contributed by atoms with Gasteiger partial charge in [-0.1, -0.05) is 6.07 Å². The van der Waals surface area contributed by atoms with E-state index in [-0.39, 0.29) is 33.0 Å². The molecule has 3 atom stereocenters. The monoisotopic (exact) mass is 429 g/mol. The molecule has 0 bridgehead atoms. The molecule has 0 radical (unpaired) electrons. The van der Waals surface area contributed by atoms with Gasteiger partial charge >= 0.3 is 18.9 Å². The molecule has 0 fully saturated rings. The largest absolute Gasteiger partial charge is 1.00 e. The standard InChI is InChI=1S/C21H27O7P.Li/c1-13(23-3)27-15-10-11-19(18(12-15)28-14(2)24-4)29-21(22)20-16(25-5)8-7-9-17(20)26-6;/h7-14,29H,1-6H3;/q;+1. The molecule has 0 N–H and O–H groups in total. The van der Waals surface area contributed by atoms with Gasteiger partial charge in [-0.05, 0) is 46.7 Å². The molecule has 0 heterocycles. The van der Waals surface area contributed by atoms with Gasteiger partial charge in [-0.15, -0.1) is 0 Å². The number of methoxy groups -OCH3 is 4. The summed E-state index contributed by atoms with van der Waals surface area (Å²) in [4.78, 5) is 13.1. The second kappa shape index (κ2) is 12.8. The van der Waals surface area contributed by atoms with Crippen LogP contribution in [-0.2, 0) is 9.47 Å². The number of carbonyl (C=O) groups excluding carboxylic acids is 1. The molecule has 0 aliphatic heterocycles. The van der Waals surface area contributed by atoms with E-state index in [0.29, 0.717) is 33.9 Å². The Balaban J connectivity index is 0.00000450. The third-order valence-electron chi connectivity index (χ3n) is 4.11. The number of hydrogen-bond acceptors (Lipinski definition) is 7. The Morgan fingerprint density at radius 2 is 1.40 bits per heavy atom. The summed E-state index contributed by atoms with van der Waals surface area (Å²) in [6.07, 6.45) is -0.917. The first kappa shape index (κ1) is 26.3. The van der Waals surface area contributed by atoms with E-state index < -0.39 is 12.6 Å². The average Bonchev–Trinajstić information content (AvgIpc) is 2.74. The van der Waals surface area contributed by atoms with Crippen molar-refractivity contribution in [1.82, 2.24) is 0 Å². The second-order valence-corrected chi connectivity index (χ2v) is 7.23. The molecule has 7 nitrogen and oxygen atoms in total. The van der Waals surface area contributed by atoms with Gasteiger partial charge in [-0.3, -0.25) is 4.79 Å². The van der Waals surface area contributed by atoms with Crippen LogP contribution in [0.1, 0.15) is 24.2 Å². The van der Waals surface area contributed by atoms with Crippen LogP contribution in [0, 0.1) is 0 Å². The van der Waals surface area contributed by atoms with Gasteiger partial charge in [-0.2, -0.15) is 0 Å². The van der Waals surface area contributed by atoms with E-state index in [1.165, 1.54) is 14.2 Å². The molecule has 0 aliphatic rings. The van der Waals surface area contributed by atoms with Crippen LogP contribution < -0.4 is 43.1 Å². The zero-order chi connectivity index (χ0) is 21.4. The number of ether oxygens (including phenoxy) is 6. The van der Waals surface area contributed by atoms with E-state index >= 15 is 0 Å². The minimum Gasteiger partial charge on any atom is -0.496 e. The Morgan fingerprint density at radius 3 is 1.93 bits per heavy atom. The molecule has 30 heavy (non-hydrogen) atoms. The Bertz CT molecular complexity index is 809. The Labute approximate surface area is 191 Å². The molecule has 0 spiro atoms. The number of benzene rings is 2. The van der Waals surface area contributed by atoms with Crippen LogP contribution in [0.25, 0.3) is 0 Å². The number of rotatable bonds is 11. The summed E-state index contributed by atoms with van der Waals surface area (Å²) in [5.74, 6) is 1.99. The van der Waals surface area contributed by atoms with E-state index in [9.17, 15) is 4.79 Å². The van der Waals surface area contributed by atoms with E-state index in [0.717, 1.165) is 0 Å². The van der Waals surface area contributed by atoms with Crippen molar-refractivity contribution in [3.8, 4) is 23.0 Å². The quantitative estimate of drug-likeness (QED) is 0.294. The van der Waals surface area contributed by atoms with Crippen LogP contribution >= 0.6 is 8.58 Å². The van der Waals surface area contributed by atoms with E-state index in [1.54, 1.807) is 64.5 Å². The normalized spacial score (nSPS) is 12.7. The van der Waals surface area contributed by atoms with Crippen molar-refractivity contribution in [2.75, 3.05) is 28.4 Å². The van der Waals surface area contributed by atoms with Gasteiger partial charge in [-0.25, -0.2) is 0 Å². The van der Waals surface area contributed by atoms with Gasteiger partial charge in [0, 0.05) is 25.6 Å². The molecule has 158 valence electrons. The van der Waals surface area contributed by atoms with E-state index in [1.807, 2.05) is 0 Å². The molecule has 9 heteroatoms. The van der Waals surface area contributed by atoms with Crippen LogP contribution in [0.2, 0.25) is 0 Å². The van der Waals surface area contributed by atoms with Crippen molar-refractivity contribution in [3.63, 3.8) is 0 Å². The molecule has 2 aromatic rings. The van der Waals surface area contributed by atoms with Gasteiger partial charge in [0.1, 0.15) is 28.6 Å². The summed E-state index contributed by atoms with van der Waals surface area (Å²) >= 11 is 0. The van der Waals surface area contributed by atoms with Gasteiger partial charge in [0.15, 0.2) is 18.1 Å². The molecular formula is C21H27LiO7P+. The smallest absolute Gasteiger partial charge is 0.496 e. The summed E-state index contributed by atoms with van der Waals surface area (Å²) in [6.45, 7) is 3.55. The Kier molecular flexibility index (Phi) is 11.3. The van der Waals surface area contributed by atoms with Crippen molar-refractivity contribution in [2.24, 2.45) is 0 Å².